The van der Waals surface area contributed by atoms with Gasteiger partial charge in [0, 0.05) is 24.7 Å². The second-order valence-corrected chi connectivity index (χ2v) is 5.83. The van der Waals surface area contributed by atoms with E-state index >= 15 is 0 Å². The van der Waals surface area contributed by atoms with Crippen molar-refractivity contribution in [1.29, 1.82) is 0 Å². The maximum atomic E-state index is 11.6. The predicted octanol–water partition coefficient (Wildman–Crippen LogP) is 1.16. The number of hydrogen-bond acceptors (Lipinski definition) is 5. The van der Waals surface area contributed by atoms with Crippen molar-refractivity contribution >= 4 is 17.2 Å². The first kappa shape index (κ1) is 11.8. The van der Waals surface area contributed by atoms with E-state index in [1.54, 1.807) is 17.6 Å². The van der Waals surface area contributed by atoms with Gasteiger partial charge in [0.25, 0.3) is 0 Å². The molecule has 2 aliphatic rings. The molecule has 4 rings (SSSR count). The molecule has 6 nitrogen and oxygen atoms in total. The van der Waals surface area contributed by atoms with Crippen molar-refractivity contribution in [3.8, 4) is 0 Å². The molecule has 6 heteroatoms. The number of anilines is 1. The Kier molecular flexibility index (Phi) is 2.38. The van der Waals surface area contributed by atoms with Crippen LogP contribution in [0.4, 0.5) is 5.82 Å². The molecule has 2 aromatic rings. The highest BCUT2D eigenvalue weighted by Crippen LogP contribution is 2.38. The van der Waals surface area contributed by atoms with Crippen LogP contribution in [0.1, 0.15) is 23.7 Å². The van der Waals surface area contributed by atoms with Crippen LogP contribution in [0, 0.1) is 5.41 Å². The van der Waals surface area contributed by atoms with Crippen molar-refractivity contribution in [2.24, 2.45) is 5.41 Å². The number of nitrogens with zero attached hydrogens (tertiary/aromatic N) is 4. The van der Waals surface area contributed by atoms with Crippen molar-refractivity contribution in [2.45, 2.75) is 13.3 Å². The van der Waals surface area contributed by atoms with Crippen molar-refractivity contribution in [3.63, 3.8) is 0 Å². The Hall–Kier alpha value is -1.95. The van der Waals surface area contributed by atoms with E-state index in [0.717, 1.165) is 38.5 Å². The van der Waals surface area contributed by atoms with E-state index in [2.05, 4.69) is 15.0 Å². The lowest BCUT2D eigenvalue weighted by Gasteiger charge is -2.37. The Labute approximate surface area is 116 Å². The fraction of sp³-hybridized carbons (Fsp3) is 0.500. The van der Waals surface area contributed by atoms with E-state index < -0.39 is 0 Å². The molecule has 0 bridgehead atoms. The summed E-state index contributed by atoms with van der Waals surface area (Å²) in [5.74, 6) is 0.916. The maximum Gasteiger partial charge on any atom is 0.168 e. The number of carbonyl (C=O) groups excluding carboxylic acids is 1. The standard InChI is InChI=1S/C14H16N4O2/c1-10(19)11-6-15-18-4-2-12(16-13(11)18)17-5-3-14(7-17)8-20-9-14/h2,4,6H,3,5,7-9H2,1H3. The van der Waals surface area contributed by atoms with Crippen molar-refractivity contribution in [3.05, 3.63) is 24.0 Å². The summed E-state index contributed by atoms with van der Waals surface area (Å²) in [6, 6.07) is 1.96. The highest BCUT2D eigenvalue weighted by molar-refractivity contribution is 5.99. The first-order valence-electron chi connectivity index (χ1n) is 6.85. The third-order valence-corrected chi connectivity index (χ3v) is 4.31. The van der Waals surface area contributed by atoms with Gasteiger partial charge in [-0.3, -0.25) is 4.79 Å². The van der Waals surface area contributed by atoms with Crippen LogP contribution in [0.2, 0.25) is 0 Å². The van der Waals surface area contributed by atoms with E-state index in [1.165, 1.54) is 0 Å². The van der Waals surface area contributed by atoms with E-state index in [-0.39, 0.29) is 5.78 Å². The smallest absolute Gasteiger partial charge is 0.168 e. The average Bonchev–Trinajstić information content (AvgIpc) is 3.01. The summed E-state index contributed by atoms with van der Waals surface area (Å²) in [5, 5.41) is 4.16. The number of ketones is 1. The lowest BCUT2D eigenvalue weighted by atomic mass is 9.85. The Bertz CT molecular complexity index is 690. The summed E-state index contributed by atoms with van der Waals surface area (Å²) in [7, 11) is 0. The largest absolute Gasteiger partial charge is 0.380 e. The molecular formula is C14H16N4O2. The molecule has 20 heavy (non-hydrogen) atoms. The summed E-state index contributed by atoms with van der Waals surface area (Å²) in [5.41, 5.74) is 1.55. The summed E-state index contributed by atoms with van der Waals surface area (Å²) >= 11 is 0. The van der Waals surface area contributed by atoms with Crippen LogP contribution >= 0.6 is 0 Å². The van der Waals surface area contributed by atoms with Crippen molar-refractivity contribution < 1.29 is 9.53 Å². The number of fused-ring (bicyclic) bond motifs is 1. The van der Waals surface area contributed by atoms with Gasteiger partial charge in [-0.2, -0.15) is 5.10 Å². The predicted molar refractivity (Wildman–Crippen MR) is 73.1 cm³/mol. The molecule has 2 aliphatic heterocycles. The van der Waals surface area contributed by atoms with Crippen molar-refractivity contribution in [2.75, 3.05) is 31.2 Å². The van der Waals surface area contributed by atoms with Crippen LogP contribution in [0.5, 0.6) is 0 Å². The molecule has 2 aromatic heterocycles. The minimum absolute atomic E-state index is 0.00469. The highest BCUT2D eigenvalue weighted by Gasteiger charge is 2.44. The minimum Gasteiger partial charge on any atom is -0.380 e. The van der Waals surface area contributed by atoms with Gasteiger partial charge in [-0.15, -0.1) is 0 Å². The molecule has 0 saturated carbocycles. The molecule has 0 aliphatic carbocycles. The average molecular weight is 272 g/mol. The van der Waals surface area contributed by atoms with Gasteiger partial charge in [-0.25, -0.2) is 9.50 Å². The summed E-state index contributed by atoms with van der Waals surface area (Å²) in [6.07, 6.45) is 4.60. The van der Waals surface area contributed by atoms with E-state index in [4.69, 9.17) is 4.74 Å². The molecular weight excluding hydrogens is 256 g/mol. The molecule has 2 fully saturated rings. The van der Waals surface area contributed by atoms with Crippen LogP contribution in [0.3, 0.4) is 0 Å². The molecule has 2 saturated heterocycles. The van der Waals surface area contributed by atoms with Crippen molar-refractivity contribution in [1.82, 2.24) is 14.6 Å². The third-order valence-electron chi connectivity index (χ3n) is 4.31. The Morgan fingerprint density at radius 3 is 2.95 bits per heavy atom. The molecule has 0 radical (unpaired) electrons. The van der Waals surface area contributed by atoms with Gasteiger partial charge in [0.2, 0.25) is 0 Å². The number of ether oxygens (including phenoxy) is 1. The van der Waals surface area contributed by atoms with Gasteiger partial charge in [0.05, 0.1) is 25.0 Å². The summed E-state index contributed by atoms with van der Waals surface area (Å²) < 4.78 is 7.00. The zero-order valence-electron chi connectivity index (χ0n) is 11.4. The van der Waals surface area contributed by atoms with Gasteiger partial charge in [0.15, 0.2) is 11.4 Å². The molecule has 0 unspecified atom stereocenters. The molecule has 0 amide bonds. The first-order valence-corrected chi connectivity index (χ1v) is 6.85. The number of carbonyl (C=O) groups is 1. The topological polar surface area (TPSA) is 59.7 Å². The number of Topliss-reactive ketones (excluding diaryl/α,β-unsaturated/α-hetero) is 1. The summed E-state index contributed by atoms with van der Waals surface area (Å²) in [6.45, 7) is 5.24. The zero-order valence-corrected chi connectivity index (χ0v) is 11.4. The van der Waals surface area contributed by atoms with Crippen LogP contribution in [-0.4, -0.2) is 46.7 Å². The number of hydrogen-bond donors (Lipinski definition) is 0. The van der Waals surface area contributed by atoms with Crippen LogP contribution in [0.25, 0.3) is 5.65 Å². The maximum absolute atomic E-state index is 11.6. The second kappa shape index (κ2) is 4.02. The molecule has 0 atom stereocenters. The number of aromatic nitrogens is 3. The molecule has 1 spiro atoms. The van der Waals surface area contributed by atoms with Gasteiger partial charge >= 0.3 is 0 Å². The monoisotopic (exact) mass is 272 g/mol. The fourth-order valence-electron chi connectivity index (χ4n) is 3.04. The highest BCUT2D eigenvalue weighted by atomic mass is 16.5. The molecule has 104 valence electrons. The Morgan fingerprint density at radius 2 is 2.30 bits per heavy atom. The van der Waals surface area contributed by atoms with E-state index in [0.29, 0.717) is 16.6 Å². The first-order chi connectivity index (χ1) is 9.67. The van der Waals surface area contributed by atoms with Gasteiger partial charge in [0.1, 0.15) is 5.82 Å². The normalized spacial score (nSPS) is 20.6. The lowest BCUT2D eigenvalue weighted by Crippen LogP contribution is -2.44. The van der Waals surface area contributed by atoms with Gasteiger partial charge in [-0.1, -0.05) is 0 Å². The number of rotatable bonds is 2. The fourth-order valence-corrected chi connectivity index (χ4v) is 3.04. The molecule has 0 aromatic carbocycles. The van der Waals surface area contributed by atoms with Crippen LogP contribution in [-0.2, 0) is 4.74 Å². The molecule has 4 heterocycles. The van der Waals surface area contributed by atoms with E-state index in [9.17, 15) is 4.79 Å². The van der Waals surface area contributed by atoms with Gasteiger partial charge < -0.3 is 9.64 Å². The minimum atomic E-state index is -0.00469. The Balaban J connectivity index is 1.70. The van der Waals surface area contributed by atoms with E-state index in [1.807, 2.05) is 12.3 Å². The molecule has 0 N–H and O–H groups in total. The third kappa shape index (κ3) is 1.64. The SMILES string of the molecule is CC(=O)c1cnn2ccc(N3CCC4(COC4)C3)nc12. The van der Waals surface area contributed by atoms with Crippen LogP contribution in [0.15, 0.2) is 18.5 Å². The quantitative estimate of drug-likeness (QED) is 0.768. The second-order valence-electron chi connectivity index (χ2n) is 5.83. The Morgan fingerprint density at radius 1 is 1.45 bits per heavy atom. The van der Waals surface area contributed by atoms with Gasteiger partial charge in [-0.05, 0) is 19.4 Å². The summed E-state index contributed by atoms with van der Waals surface area (Å²) in [4.78, 5) is 18.5. The zero-order chi connectivity index (χ0) is 13.7. The van der Waals surface area contributed by atoms with Crippen LogP contribution < -0.4 is 4.90 Å². The lowest BCUT2D eigenvalue weighted by molar-refractivity contribution is -0.0985.